The molecule has 21 heavy (non-hydrogen) atoms. The Morgan fingerprint density at radius 2 is 1.86 bits per heavy atom. The minimum atomic E-state index is -0.786. The third-order valence-corrected chi connectivity index (χ3v) is 4.40. The Hall–Kier alpha value is -1.06. The third-order valence-electron chi connectivity index (χ3n) is 4.40. The lowest BCUT2D eigenvalue weighted by Crippen LogP contribution is -2.36. The molecule has 1 fully saturated rings. The van der Waals surface area contributed by atoms with E-state index in [1.165, 1.54) is 0 Å². The van der Waals surface area contributed by atoms with Crippen LogP contribution >= 0.6 is 0 Å². The molecule has 0 spiro atoms. The van der Waals surface area contributed by atoms with Gasteiger partial charge in [-0.25, -0.2) is 0 Å². The van der Waals surface area contributed by atoms with E-state index in [0.29, 0.717) is 12.8 Å². The Balaban J connectivity index is 2.62. The van der Waals surface area contributed by atoms with E-state index in [1.807, 2.05) is 0 Å². The first kappa shape index (κ1) is 18.0. The molecule has 4 heteroatoms. The summed E-state index contributed by atoms with van der Waals surface area (Å²) in [6, 6.07) is 0. The number of unbranched alkanes of at least 4 members (excludes halogenated alkanes) is 1. The van der Waals surface area contributed by atoms with Crippen LogP contribution in [0.2, 0.25) is 0 Å². The van der Waals surface area contributed by atoms with Crippen molar-refractivity contribution < 1.29 is 19.4 Å². The highest BCUT2D eigenvalue weighted by Gasteiger charge is 2.35. The van der Waals surface area contributed by atoms with Gasteiger partial charge in [-0.2, -0.15) is 0 Å². The standard InChI is InChI=1S/C17H30O4/c1-5-6-10-14(17(2,3)4)21-16(20)13-9-7-8-12(11-13)15(18)19/h12-14H,5-11H2,1-4H3,(H,18,19). The van der Waals surface area contributed by atoms with Gasteiger partial charge in [0, 0.05) is 0 Å². The molecule has 0 bridgehead atoms. The minimum Gasteiger partial charge on any atom is -0.481 e. The van der Waals surface area contributed by atoms with Crippen LogP contribution in [0.5, 0.6) is 0 Å². The summed E-state index contributed by atoms with van der Waals surface area (Å²) in [5, 5.41) is 9.11. The molecule has 0 amide bonds. The van der Waals surface area contributed by atoms with Crippen LogP contribution in [0.1, 0.15) is 72.6 Å². The molecule has 0 radical (unpaired) electrons. The van der Waals surface area contributed by atoms with Crippen molar-refractivity contribution >= 4 is 11.9 Å². The van der Waals surface area contributed by atoms with E-state index in [-0.39, 0.29) is 29.3 Å². The Morgan fingerprint density at radius 3 is 2.38 bits per heavy atom. The van der Waals surface area contributed by atoms with Crippen molar-refractivity contribution in [2.45, 2.75) is 78.7 Å². The van der Waals surface area contributed by atoms with Crippen molar-refractivity contribution in [3.63, 3.8) is 0 Å². The number of carboxylic acid groups (broad SMARTS) is 1. The van der Waals surface area contributed by atoms with Gasteiger partial charge in [0.15, 0.2) is 0 Å². The zero-order valence-corrected chi connectivity index (χ0v) is 13.9. The Labute approximate surface area is 128 Å². The fourth-order valence-electron chi connectivity index (χ4n) is 2.92. The molecule has 0 heterocycles. The number of ether oxygens (including phenoxy) is 1. The molecule has 0 aromatic carbocycles. The van der Waals surface area contributed by atoms with Crippen molar-refractivity contribution in [1.29, 1.82) is 0 Å². The number of hydrogen-bond donors (Lipinski definition) is 1. The van der Waals surface area contributed by atoms with Gasteiger partial charge in [-0.3, -0.25) is 9.59 Å². The lowest BCUT2D eigenvalue weighted by molar-refractivity contribution is -0.163. The summed E-state index contributed by atoms with van der Waals surface area (Å²) in [7, 11) is 0. The second-order valence-corrected chi connectivity index (χ2v) is 7.33. The smallest absolute Gasteiger partial charge is 0.309 e. The van der Waals surface area contributed by atoms with Crippen LogP contribution in [0.15, 0.2) is 0 Å². The van der Waals surface area contributed by atoms with Gasteiger partial charge in [0.2, 0.25) is 0 Å². The lowest BCUT2D eigenvalue weighted by Gasteiger charge is -2.33. The summed E-state index contributed by atoms with van der Waals surface area (Å²) in [5.74, 6) is -1.62. The summed E-state index contributed by atoms with van der Waals surface area (Å²) in [5.41, 5.74) is -0.0777. The van der Waals surface area contributed by atoms with Crippen LogP contribution in [-0.2, 0) is 14.3 Å². The number of rotatable bonds is 6. The summed E-state index contributed by atoms with van der Waals surface area (Å²) < 4.78 is 5.75. The first-order chi connectivity index (χ1) is 9.75. The molecule has 0 aliphatic heterocycles. The predicted octanol–water partition coefficient (Wildman–Crippen LogP) is 4.03. The van der Waals surface area contributed by atoms with Crippen molar-refractivity contribution in [3.05, 3.63) is 0 Å². The maximum Gasteiger partial charge on any atom is 0.309 e. The molecule has 3 atom stereocenters. The maximum absolute atomic E-state index is 12.4. The van der Waals surface area contributed by atoms with Gasteiger partial charge in [-0.1, -0.05) is 47.0 Å². The Kier molecular flexibility index (Phi) is 6.69. The van der Waals surface area contributed by atoms with Crippen LogP contribution in [0.3, 0.4) is 0 Å². The second kappa shape index (κ2) is 7.81. The molecule has 1 N–H and O–H groups in total. The van der Waals surface area contributed by atoms with Gasteiger partial charge < -0.3 is 9.84 Å². The highest BCUT2D eigenvalue weighted by Crippen LogP contribution is 2.33. The topological polar surface area (TPSA) is 63.6 Å². The Bertz CT molecular complexity index is 356. The zero-order valence-electron chi connectivity index (χ0n) is 13.9. The van der Waals surface area contributed by atoms with Gasteiger partial charge in [0.1, 0.15) is 6.10 Å². The highest BCUT2D eigenvalue weighted by atomic mass is 16.5. The van der Waals surface area contributed by atoms with Crippen molar-refractivity contribution in [1.82, 2.24) is 0 Å². The van der Waals surface area contributed by atoms with E-state index in [0.717, 1.165) is 32.1 Å². The van der Waals surface area contributed by atoms with Crippen molar-refractivity contribution in [3.8, 4) is 0 Å². The van der Waals surface area contributed by atoms with Crippen LogP contribution in [-0.4, -0.2) is 23.1 Å². The molecular formula is C17H30O4. The number of carbonyl (C=O) groups excluding carboxylic acids is 1. The van der Waals surface area contributed by atoms with E-state index in [4.69, 9.17) is 9.84 Å². The summed E-state index contributed by atoms with van der Waals surface area (Å²) >= 11 is 0. The Morgan fingerprint density at radius 1 is 1.24 bits per heavy atom. The highest BCUT2D eigenvalue weighted by molar-refractivity contribution is 5.75. The minimum absolute atomic E-state index is 0.0777. The van der Waals surface area contributed by atoms with Gasteiger partial charge in [-0.05, 0) is 31.1 Å². The average molecular weight is 298 g/mol. The maximum atomic E-state index is 12.4. The first-order valence-corrected chi connectivity index (χ1v) is 8.19. The molecule has 1 saturated carbocycles. The number of carbonyl (C=O) groups is 2. The normalized spacial score (nSPS) is 24.4. The SMILES string of the molecule is CCCCC(OC(=O)C1CCCC(C(=O)O)C1)C(C)(C)C. The van der Waals surface area contributed by atoms with E-state index in [9.17, 15) is 9.59 Å². The third kappa shape index (κ3) is 5.68. The van der Waals surface area contributed by atoms with Gasteiger partial charge in [0.05, 0.1) is 11.8 Å². The molecular weight excluding hydrogens is 268 g/mol. The molecule has 122 valence electrons. The van der Waals surface area contributed by atoms with Crippen LogP contribution in [0.4, 0.5) is 0 Å². The summed E-state index contributed by atoms with van der Waals surface area (Å²) in [6.45, 7) is 8.38. The van der Waals surface area contributed by atoms with Crippen molar-refractivity contribution in [2.75, 3.05) is 0 Å². The fourth-order valence-corrected chi connectivity index (χ4v) is 2.92. The molecule has 3 unspecified atom stereocenters. The number of carboxylic acids is 1. The van der Waals surface area contributed by atoms with Gasteiger partial charge in [-0.15, -0.1) is 0 Å². The molecule has 1 rings (SSSR count). The quantitative estimate of drug-likeness (QED) is 0.752. The average Bonchev–Trinajstić information content (AvgIpc) is 2.42. The summed E-state index contributed by atoms with van der Waals surface area (Å²) in [6.07, 6.45) is 5.57. The molecule has 0 aromatic rings. The van der Waals surface area contributed by atoms with Crippen LogP contribution < -0.4 is 0 Å². The molecule has 0 saturated heterocycles. The fraction of sp³-hybridized carbons (Fsp3) is 0.882. The van der Waals surface area contributed by atoms with E-state index >= 15 is 0 Å². The monoisotopic (exact) mass is 298 g/mol. The van der Waals surface area contributed by atoms with Crippen LogP contribution in [0.25, 0.3) is 0 Å². The van der Waals surface area contributed by atoms with E-state index < -0.39 is 5.97 Å². The molecule has 4 nitrogen and oxygen atoms in total. The lowest BCUT2D eigenvalue weighted by atomic mass is 9.81. The zero-order chi connectivity index (χ0) is 16.0. The van der Waals surface area contributed by atoms with Gasteiger partial charge in [0.25, 0.3) is 0 Å². The van der Waals surface area contributed by atoms with Gasteiger partial charge >= 0.3 is 11.9 Å². The second-order valence-electron chi connectivity index (χ2n) is 7.33. The molecule has 1 aliphatic rings. The predicted molar refractivity (Wildman–Crippen MR) is 81.9 cm³/mol. The number of esters is 1. The molecule has 1 aliphatic carbocycles. The van der Waals surface area contributed by atoms with Crippen molar-refractivity contribution in [2.24, 2.45) is 17.3 Å². The van der Waals surface area contributed by atoms with Crippen LogP contribution in [0, 0.1) is 17.3 Å². The largest absolute Gasteiger partial charge is 0.481 e. The van der Waals surface area contributed by atoms with E-state index in [2.05, 4.69) is 27.7 Å². The van der Waals surface area contributed by atoms with E-state index in [1.54, 1.807) is 0 Å². The first-order valence-electron chi connectivity index (χ1n) is 8.19. The molecule has 0 aromatic heterocycles. The summed E-state index contributed by atoms with van der Waals surface area (Å²) in [4.78, 5) is 23.5. The number of aliphatic carboxylic acids is 1. The number of hydrogen-bond acceptors (Lipinski definition) is 3.